The Morgan fingerprint density at radius 2 is 1.88 bits per heavy atom. The number of aliphatic hydroxyl groups excluding tert-OH is 1. The molecule has 10 heteroatoms. The van der Waals surface area contributed by atoms with E-state index in [2.05, 4.69) is 5.32 Å². The van der Waals surface area contributed by atoms with Gasteiger partial charge in [-0.05, 0) is 17.7 Å². The lowest BCUT2D eigenvalue weighted by atomic mass is 10.2. The van der Waals surface area contributed by atoms with Crippen LogP contribution in [0.5, 0.6) is 0 Å². The van der Waals surface area contributed by atoms with Gasteiger partial charge in [0, 0.05) is 20.0 Å². The molecule has 140 valence electrons. The standard InChI is InChI=1S/C15H22N2O6S2/c1-3-17(14-9-24(20,21)10-15(14)19)25(22,23)13-6-4-12(5-7-13)8-16-11(2)18/h4-7,14-15,19H,3,8-10H2,1-2H3,(H,16,18)/t14-,15-/m1/s1. The van der Waals surface area contributed by atoms with Crippen LogP contribution in [0.3, 0.4) is 0 Å². The van der Waals surface area contributed by atoms with Crippen molar-refractivity contribution >= 4 is 25.8 Å². The lowest BCUT2D eigenvalue weighted by Crippen LogP contribution is -2.46. The van der Waals surface area contributed by atoms with E-state index in [-0.39, 0.29) is 29.6 Å². The van der Waals surface area contributed by atoms with Crippen molar-refractivity contribution in [3.8, 4) is 0 Å². The van der Waals surface area contributed by atoms with Crippen LogP contribution in [0.2, 0.25) is 0 Å². The Hall–Kier alpha value is -1.49. The Kier molecular flexibility index (Phi) is 5.87. The first kappa shape index (κ1) is 19.8. The third-order valence-electron chi connectivity index (χ3n) is 4.05. The van der Waals surface area contributed by atoms with Crippen molar-refractivity contribution < 1.29 is 26.7 Å². The molecule has 2 N–H and O–H groups in total. The van der Waals surface area contributed by atoms with Crippen LogP contribution in [0.15, 0.2) is 29.2 Å². The molecule has 2 rings (SSSR count). The Balaban J connectivity index is 2.25. The van der Waals surface area contributed by atoms with E-state index >= 15 is 0 Å². The topological polar surface area (TPSA) is 121 Å². The lowest BCUT2D eigenvalue weighted by Gasteiger charge is -2.28. The third kappa shape index (κ3) is 4.57. The van der Waals surface area contributed by atoms with Crippen molar-refractivity contribution in [1.29, 1.82) is 0 Å². The molecule has 1 heterocycles. The first-order chi connectivity index (χ1) is 11.6. The van der Waals surface area contributed by atoms with Gasteiger partial charge in [0.15, 0.2) is 9.84 Å². The number of carbonyl (C=O) groups is 1. The fourth-order valence-corrected chi connectivity index (χ4v) is 6.37. The van der Waals surface area contributed by atoms with Gasteiger partial charge >= 0.3 is 0 Å². The quantitative estimate of drug-likeness (QED) is 0.675. The zero-order valence-electron chi connectivity index (χ0n) is 14.0. The van der Waals surface area contributed by atoms with Crippen molar-refractivity contribution in [2.24, 2.45) is 0 Å². The van der Waals surface area contributed by atoms with Gasteiger partial charge < -0.3 is 10.4 Å². The van der Waals surface area contributed by atoms with Gasteiger partial charge in [0.05, 0.1) is 28.5 Å². The Bertz CT molecular complexity index is 833. The zero-order chi connectivity index (χ0) is 18.8. The summed E-state index contributed by atoms with van der Waals surface area (Å²) >= 11 is 0. The van der Waals surface area contributed by atoms with Gasteiger partial charge in [-0.1, -0.05) is 19.1 Å². The monoisotopic (exact) mass is 390 g/mol. The summed E-state index contributed by atoms with van der Waals surface area (Å²) in [6, 6.07) is 4.99. The molecule has 1 fully saturated rings. The lowest BCUT2D eigenvalue weighted by molar-refractivity contribution is -0.119. The molecule has 0 bridgehead atoms. The van der Waals surface area contributed by atoms with Gasteiger partial charge in [0.25, 0.3) is 0 Å². The second-order valence-corrected chi connectivity index (χ2v) is 10.0. The minimum Gasteiger partial charge on any atom is -0.390 e. The van der Waals surface area contributed by atoms with Gasteiger partial charge in [-0.15, -0.1) is 0 Å². The summed E-state index contributed by atoms with van der Waals surface area (Å²) in [5, 5.41) is 12.6. The number of hydrogen-bond acceptors (Lipinski definition) is 6. The van der Waals surface area contributed by atoms with Crippen molar-refractivity contribution in [3.05, 3.63) is 29.8 Å². The smallest absolute Gasteiger partial charge is 0.243 e. The Morgan fingerprint density at radius 1 is 1.28 bits per heavy atom. The average Bonchev–Trinajstić information content (AvgIpc) is 2.79. The molecular formula is C15H22N2O6S2. The fraction of sp³-hybridized carbons (Fsp3) is 0.533. The predicted molar refractivity (Wildman–Crippen MR) is 92.0 cm³/mol. The fourth-order valence-electron chi connectivity index (χ4n) is 2.81. The van der Waals surface area contributed by atoms with E-state index in [0.29, 0.717) is 0 Å². The van der Waals surface area contributed by atoms with E-state index in [1.54, 1.807) is 19.1 Å². The normalized spacial score (nSPS) is 22.9. The van der Waals surface area contributed by atoms with Crippen LogP contribution in [-0.4, -0.2) is 62.4 Å². The maximum Gasteiger partial charge on any atom is 0.243 e. The highest BCUT2D eigenvalue weighted by molar-refractivity contribution is 7.92. The highest BCUT2D eigenvalue weighted by atomic mass is 32.2. The van der Waals surface area contributed by atoms with Crippen molar-refractivity contribution in [2.75, 3.05) is 18.1 Å². The van der Waals surface area contributed by atoms with Crippen LogP contribution >= 0.6 is 0 Å². The summed E-state index contributed by atoms with van der Waals surface area (Å²) in [4.78, 5) is 10.9. The van der Waals surface area contributed by atoms with E-state index in [1.165, 1.54) is 19.1 Å². The van der Waals surface area contributed by atoms with E-state index in [0.717, 1.165) is 9.87 Å². The van der Waals surface area contributed by atoms with Gasteiger partial charge in [-0.3, -0.25) is 4.79 Å². The highest BCUT2D eigenvalue weighted by Gasteiger charge is 2.44. The van der Waals surface area contributed by atoms with E-state index < -0.39 is 37.8 Å². The zero-order valence-corrected chi connectivity index (χ0v) is 15.7. The molecule has 1 aliphatic heterocycles. The largest absolute Gasteiger partial charge is 0.390 e. The molecule has 1 amide bonds. The first-order valence-electron chi connectivity index (χ1n) is 7.80. The number of sulfonamides is 1. The van der Waals surface area contributed by atoms with E-state index in [9.17, 15) is 26.7 Å². The number of aliphatic hydroxyl groups is 1. The number of nitrogens with one attached hydrogen (secondary N) is 1. The molecular weight excluding hydrogens is 368 g/mol. The SMILES string of the molecule is CCN([C@@H]1CS(=O)(=O)C[C@H]1O)S(=O)(=O)c1ccc(CNC(C)=O)cc1. The Labute approximate surface area is 147 Å². The predicted octanol–water partition coefficient (Wildman–Crippen LogP) is -0.509. The van der Waals surface area contributed by atoms with Gasteiger partial charge in [0.1, 0.15) is 0 Å². The van der Waals surface area contributed by atoms with Crippen LogP contribution in [0.4, 0.5) is 0 Å². The number of hydrogen-bond donors (Lipinski definition) is 2. The van der Waals surface area contributed by atoms with Gasteiger partial charge in [-0.25, -0.2) is 16.8 Å². The summed E-state index contributed by atoms with van der Waals surface area (Å²) in [6.45, 7) is 3.32. The van der Waals surface area contributed by atoms with E-state index in [1.807, 2.05) is 0 Å². The second kappa shape index (κ2) is 7.40. The maximum absolute atomic E-state index is 12.8. The molecule has 1 aromatic rings. The second-order valence-electron chi connectivity index (χ2n) is 5.97. The molecule has 8 nitrogen and oxygen atoms in total. The minimum absolute atomic E-state index is 0.0115. The number of nitrogens with zero attached hydrogens (tertiary/aromatic N) is 1. The average molecular weight is 390 g/mol. The molecule has 0 aliphatic carbocycles. The summed E-state index contributed by atoms with van der Waals surface area (Å²) in [5.74, 6) is -1.01. The number of rotatable bonds is 6. The number of benzene rings is 1. The molecule has 2 atom stereocenters. The number of amides is 1. The number of likely N-dealkylation sites (N-methyl/N-ethyl adjacent to an activating group) is 1. The molecule has 0 saturated carbocycles. The summed E-state index contributed by atoms with van der Waals surface area (Å²) in [7, 11) is -7.40. The van der Waals surface area contributed by atoms with Crippen molar-refractivity contribution in [1.82, 2.24) is 9.62 Å². The maximum atomic E-state index is 12.8. The molecule has 1 saturated heterocycles. The summed E-state index contributed by atoms with van der Waals surface area (Å²) in [5.41, 5.74) is 0.737. The van der Waals surface area contributed by atoms with Crippen molar-refractivity contribution in [3.63, 3.8) is 0 Å². The van der Waals surface area contributed by atoms with Crippen LogP contribution in [-0.2, 0) is 31.2 Å². The van der Waals surface area contributed by atoms with Crippen LogP contribution in [0.1, 0.15) is 19.4 Å². The van der Waals surface area contributed by atoms with Crippen molar-refractivity contribution in [2.45, 2.75) is 37.4 Å². The molecule has 0 spiro atoms. The van der Waals surface area contributed by atoms with Gasteiger partial charge in [-0.2, -0.15) is 4.31 Å². The highest BCUT2D eigenvalue weighted by Crippen LogP contribution is 2.25. The molecule has 0 aromatic heterocycles. The van der Waals surface area contributed by atoms with Gasteiger partial charge in [0.2, 0.25) is 15.9 Å². The van der Waals surface area contributed by atoms with Crippen LogP contribution in [0, 0.1) is 0 Å². The van der Waals surface area contributed by atoms with Crippen LogP contribution < -0.4 is 5.32 Å². The molecule has 25 heavy (non-hydrogen) atoms. The van der Waals surface area contributed by atoms with E-state index in [4.69, 9.17) is 0 Å². The number of carbonyl (C=O) groups excluding carboxylic acids is 1. The first-order valence-corrected chi connectivity index (χ1v) is 11.1. The number of sulfone groups is 1. The third-order valence-corrected chi connectivity index (χ3v) is 7.76. The van der Waals surface area contributed by atoms with Crippen LogP contribution in [0.25, 0.3) is 0 Å². The Morgan fingerprint density at radius 3 is 2.32 bits per heavy atom. The molecule has 1 aromatic carbocycles. The molecule has 0 radical (unpaired) electrons. The molecule has 0 unspecified atom stereocenters. The molecule has 1 aliphatic rings. The summed E-state index contributed by atoms with van der Waals surface area (Å²) in [6.07, 6.45) is -1.24. The summed E-state index contributed by atoms with van der Waals surface area (Å²) < 4.78 is 50.1. The minimum atomic E-state index is -3.94.